The van der Waals surface area contributed by atoms with Crippen LogP contribution in [0.1, 0.15) is 25.7 Å². The summed E-state index contributed by atoms with van der Waals surface area (Å²) in [6, 6.07) is 0. The van der Waals surface area contributed by atoms with Crippen LogP contribution < -0.4 is 0 Å². The largest absolute Gasteiger partial charge is 0.382 e. The Labute approximate surface area is 104 Å². The minimum atomic E-state index is 0.389. The first-order chi connectivity index (χ1) is 7.83. The molecule has 0 unspecified atom stereocenters. The molecule has 16 heavy (non-hydrogen) atoms. The maximum Gasteiger partial charge on any atom is 0.0700 e. The van der Waals surface area contributed by atoms with Crippen LogP contribution in [0, 0.1) is 5.41 Å². The van der Waals surface area contributed by atoms with Crippen molar-refractivity contribution in [2.45, 2.75) is 25.7 Å². The second-order valence-electron chi connectivity index (χ2n) is 4.52. The van der Waals surface area contributed by atoms with E-state index >= 15 is 0 Å². The fourth-order valence-electron chi connectivity index (χ4n) is 1.82. The Bertz CT molecular complexity index is 166. The van der Waals surface area contributed by atoms with Crippen LogP contribution in [-0.2, 0) is 14.2 Å². The van der Waals surface area contributed by atoms with E-state index in [-0.39, 0.29) is 0 Å². The average Bonchev–Trinajstić information content (AvgIpc) is 2.25. The van der Waals surface area contributed by atoms with E-state index in [0.717, 1.165) is 32.0 Å². The molecule has 1 rings (SSSR count). The van der Waals surface area contributed by atoms with Crippen molar-refractivity contribution in [2.75, 3.05) is 45.9 Å². The van der Waals surface area contributed by atoms with Crippen molar-refractivity contribution in [3.05, 3.63) is 0 Å². The molecule has 0 saturated heterocycles. The quantitative estimate of drug-likeness (QED) is 0.474. The second kappa shape index (κ2) is 8.34. The molecule has 1 saturated carbocycles. The van der Waals surface area contributed by atoms with Gasteiger partial charge in [-0.2, -0.15) is 12.6 Å². The highest BCUT2D eigenvalue weighted by atomic mass is 32.1. The highest BCUT2D eigenvalue weighted by Gasteiger charge is 2.35. The fourth-order valence-corrected chi connectivity index (χ4v) is 2.23. The number of rotatable bonds is 10. The number of methoxy groups -OCH3 is 1. The Balaban J connectivity index is 1.84. The molecule has 0 bridgehead atoms. The first-order valence-corrected chi connectivity index (χ1v) is 6.71. The van der Waals surface area contributed by atoms with E-state index in [2.05, 4.69) is 12.6 Å². The van der Waals surface area contributed by atoms with Crippen molar-refractivity contribution in [2.24, 2.45) is 5.41 Å². The van der Waals surface area contributed by atoms with Gasteiger partial charge in [0.1, 0.15) is 0 Å². The van der Waals surface area contributed by atoms with Crippen LogP contribution in [0.3, 0.4) is 0 Å². The molecule has 1 fully saturated rings. The van der Waals surface area contributed by atoms with Crippen LogP contribution in [0.15, 0.2) is 0 Å². The van der Waals surface area contributed by atoms with Gasteiger partial charge in [-0.25, -0.2) is 0 Å². The topological polar surface area (TPSA) is 27.7 Å². The number of ether oxygens (including phenoxy) is 3. The molecule has 0 heterocycles. The van der Waals surface area contributed by atoms with Gasteiger partial charge in [-0.3, -0.25) is 0 Å². The van der Waals surface area contributed by atoms with Crippen molar-refractivity contribution in [1.29, 1.82) is 0 Å². The van der Waals surface area contributed by atoms with Gasteiger partial charge < -0.3 is 14.2 Å². The van der Waals surface area contributed by atoms with E-state index in [0.29, 0.717) is 18.6 Å². The molecule has 96 valence electrons. The molecule has 0 radical (unpaired) electrons. The summed E-state index contributed by atoms with van der Waals surface area (Å²) in [6.45, 7) is 3.77. The fraction of sp³-hybridized carbons (Fsp3) is 1.00. The van der Waals surface area contributed by atoms with Crippen molar-refractivity contribution >= 4 is 12.6 Å². The maximum absolute atomic E-state index is 5.68. The van der Waals surface area contributed by atoms with E-state index in [9.17, 15) is 0 Å². The Morgan fingerprint density at radius 2 is 1.81 bits per heavy atom. The van der Waals surface area contributed by atoms with Gasteiger partial charge in [-0.05, 0) is 25.0 Å². The lowest BCUT2D eigenvalue weighted by Crippen LogP contribution is -2.36. The Kier molecular flexibility index (Phi) is 7.45. The summed E-state index contributed by atoms with van der Waals surface area (Å²) >= 11 is 4.40. The molecular weight excluding hydrogens is 224 g/mol. The zero-order valence-electron chi connectivity index (χ0n) is 10.2. The zero-order valence-corrected chi connectivity index (χ0v) is 11.1. The average molecular weight is 248 g/mol. The Hall–Kier alpha value is 0.230. The van der Waals surface area contributed by atoms with Gasteiger partial charge in [0.15, 0.2) is 0 Å². The molecule has 0 atom stereocenters. The first kappa shape index (κ1) is 14.3. The summed E-state index contributed by atoms with van der Waals surface area (Å²) in [5, 5.41) is 0. The van der Waals surface area contributed by atoms with E-state index in [1.54, 1.807) is 7.11 Å². The summed E-state index contributed by atoms with van der Waals surface area (Å²) in [6.07, 6.45) is 4.86. The van der Waals surface area contributed by atoms with Gasteiger partial charge in [0.2, 0.25) is 0 Å². The summed E-state index contributed by atoms with van der Waals surface area (Å²) in [5.41, 5.74) is 0.389. The van der Waals surface area contributed by atoms with E-state index in [1.165, 1.54) is 19.3 Å². The normalized spacial score (nSPS) is 18.4. The predicted molar refractivity (Wildman–Crippen MR) is 68.3 cm³/mol. The monoisotopic (exact) mass is 248 g/mol. The lowest BCUT2D eigenvalue weighted by molar-refractivity contribution is -0.00162. The summed E-state index contributed by atoms with van der Waals surface area (Å²) < 4.78 is 15.9. The highest BCUT2D eigenvalue weighted by Crippen LogP contribution is 2.41. The lowest BCUT2D eigenvalue weighted by Gasteiger charge is -2.40. The minimum absolute atomic E-state index is 0.389. The van der Waals surface area contributed by atoms with Gasteiger partial charge in [0.25, 0.3) is 0 Å². The SMILES string of the molecule is COCCOCCCOCC1(CS)CCC1. The number of thiol groups is 1. The van der Waals surface area contributed by atoms with Crippen LogP contribution in [-0.4, -0.2) is 45.9 Å². The molecule has 1 aliphatic rings. The standard InChI is InChI=1S/C12H24O3S/c1-13-8-9-14-6-3-7-15-10-12(11-16)4-2-5-12/h16H,2-11H2,1H3. The third kappa shape index (κ3) is 5.04. The molecule has 0 spiro atoms. The predicted octanol–water partition coefficient (Wildman–Crippen LogP) is 2.16. The molecule has 0 amide bonds. The minimum Gasteiger partial charge on any atom is -0.382 e. The third-order valence-corrected chi connectivity index (χ3v) is 3.84. The van der Waals surface area contributed by atoms with Crippen molar-refractivity contribution in [1.82, 2.24) is 0 Å². The summed E-state index contributed by atoms with van der Waals surface area (Å²) in [4.78, 5) is 0. The van der Waals surface area contributed by atoms with Crippen LogP contribution >= 0.6 is 12.6 Å². The van der Waals surface area contributed by atoms with E-state index < -0.39 is 0 Å². The molecule has 1 aliphatic carbocycles. The number of hydrogen-bond donors (Lipinski definition) is 1. The summed E-state index contributed by atoms with van der Waals surface area (Å²) in [7, 11) is 1.68. The Morgan fingerprint density at radius 3 is 2.38 bits per heavy atom. The van der Waals surface area contributed by atoms with Crippen LogP contribution in [0.25, 0.3) is 0 Å². The van der Waals surface area contributed by atoms with Crippen molar-refractivity contribution in [3.63, 3.8) is 0 Å². The summed E-state index contributed by atoms with van der Waals surface area (Å²) in [5.74, 6) is 0.956. The Morgan fingerprint density at radius 1 is 1.06 bits per heavy atom. The van der Waals surface area contributed by atoms with Gasteiger partial charge in [0, 0.05) is 25.7 Å². The van der Waals surface area contributed by atoms with Crippen LogP contribution in [0.5, 0.6) is 0 Å². The van der Waals surface area contributed by atoms with Gasteiger partial charge >= 0.3 is 0 Å². The van der Waals surface area contributed by atoms with Crippen LogP contribution in [0.4, 0.5) is 0 Å². The molecule has 3 nitrogen and oxygen atoms in total. The number of hydrogen-bond acceptors (Lipinski definition) is 4. The molecule has 0 aliphatic heterocycles. The molecule has 0 aromatic carbocycles. The molecule has 0 aromatic heterocycles. The maximum atomic E-state index is 5.68. The molecular formula is C12H24O3S. The molecule has 4 heteroatoms. The molecule has 0 N–H and O–H groups in total. The van der Waals surface area contributed by atoms with E-state index in [4.69, 9.17) is 14.2 Å². The van der Waals surface area contributed by atoms with E-state index in [1.807, 2.05) is 0 Å². The van der Waals surface area contributed by atoms with Gasteiger partial charge in [0.05, 0.1) is 19.8 Å². The van der Waals surface area contributed by atoms with Crippen molar-refractivity contribution < 1.29 is 14.2 Å². The van der Waals surface area contributed by atoms with Crippen molar-refractivity contribution in [3.8, 4) is 0 Å². The van der Waals surface area contributed by atoms with Gasteiger partial charge in [-0.15, -0.1) is 0 Å². The highest BCUT2D eigenvalue weighted by molar-refractivity contribution is 7.80. The lowest BCUT2D eigenvalue weighted by atomic mass is 9.71. The third-order valence-electron chi connectivity index (χ3n) is 3.17. The first-order valence-electron chi connectivity index (χ1n) is 6.08. The van der Waals surface area contributed by atoms with Crippen LogP contribution in [0.2, 0.25) is 0 Å². The molecule has 0 aromatic rings. The smallest absolute Gasteiger partial charge is 0.0700 e. The zero-order chi connectivity index (χ0) is 11.7. The second-order valence-corrected chi connectivity index (χ2v) is 4.84. The van der Waals surface area contributed by atoms with Gasteiger partial charge in [-0.1, -0.05) is 6.42 Å².